The molecule has 0 unspecified atom stereocenters. The van der Waals surface area contributed by atoms with Gasteiger partial charge in [0.05, 0.1) is 10.4 Å². The van der Waals surface area contributed by atoms with Crippen molar-refractivity contribution in [3.8, 4) is 0 Å². The van der Waals surface area contributed by atoms with Crippen molar-refractivity contribution in [2.24, 2.45) is 5.41 Å². The molecule has 0 saturated carbocycles. The number of Topliss-reactive ketones (excluding diaryl/α,β-unsaturated/α-hetero) is 1. The van der Waals surface area contributed by atoms with Crippen LogP contribution in [0, 0.1) is 5.41 Å². The van der Waals surface area contributed by atoms with Crippen LogP contribution in [0.3, 0.4) is 0 Å². The molecule has 0 saturated heterocycles. The summed E-state index contributed by atoms with van der Waals surface area (Å²) < 4.78 is 0. The monoisotopic (exact) mass is 280 g/mol. The van der Waals surface area contributed by atoms with Crippen molar-refractivity contribution in [2.45, 2.75) is 20.3 Å². The average Bonchev–Trinajstić information content (AvgIpc) is 2.73. The van der Waals surface area contributed by atoms with E-state index >= 15 is 0 Å². The molecule has 0 aliphatic carbocycles. The van der Waals surface area contributed by atoms with Crippen LogP contribution in [-0.4, -0.2) is 26.8 Å². The number of H-pyrrole nitrogens is 1. The number of carboxylic acid groups (broad SMARTS) is 1. The second-order valence-electron chi connectivity index (χ2n) is 5.01. The van der Waals surface area contributed by atoms with E-state index in [4.69, 9.17) is 16.7 Å². The highest BCUT2D eigenvalue weighted by molar-refractivity contribution is 6.36. The molecule has 2 N–H and O–H groups in total. The first kappa shape index (κ1) is 13.5. The minimum Gasteiger partial charge on any atom is -0.481 e. The fraction of sp³-hybridized carbons (Fsp3) is 0.308. The van der Waals surface area contributed by atoms with Gasteiger partial charge in [-0.15, -0.1) is 0 Å². The summed E-state index contributed by atoms with van der Waals surface area (Å²) in [5.41, 5.74) is -0.221. The number of carbonyl (C=O) groups is 2. The van der Waals surface area contributed by atoms with Gasteiger partial charge >= 0.3 is 5.97 Å². The smallest absolute Gasteiger partial charge is 0.309 e. The van der Waals surface area contributed by atoms with Gasteiger partial charge in [0.1, 0.15) is 5.65 Å². The lowest BCUT2D eigenvalue weighted by Crippen LogP contribution is -2.26. The second-order valence-corrected chi connectivity index (χ2v) is 5.41. The molecule has 0 fully saturated rings. The zero-order valence-electron chi connectivity index (χ0n) is 10.5. The van der Waals surface area contributed by atoms with Gasteiger partial charge in [-0.05, 0) is 19.9 Å². The number of halogens is 1. The molecule has 100 valence electrons. The number of rotatable bonds is 4. The van der Waals surface area contributed by atoms with Crippen LogP contribution in [0.1, 0.15) is 30.6 Å². The molecule has 5 nitrogen and oxygen atoms in total. The van der Waals surface area contributed by atoms with Gasteiger partial charge in [-0.1, -0.05) is 11.6 Å². The Hall–Kier alpha value is -1.88. The Morgan fingerprint density at radius 1 is 1.47 bits per heavy atom. The zero-order valence-corrected chi connectivity index (χ0v) is 11.3. The van der Waals surface area contributed by atoms with Gasteiger partial charge < -0.3 is 10.1 Å². The maximum atomic E-state index is 12.2. The second kappa shape index (κ2) is 4.66. The number of carbonyl (C=O) groups excluding carboxylic acids is 1. The molecule has 2 aromatic rings. The lowest BCUT2D eigenvalue weighted by molar-refractivity contribution is -0.146. The summed E-state index contributed by atoms with van der Waals surface area (Å²) in [6, 6.07) is 1.59. The number of hydrogen-bond acceptors (Lipinski definition) is 3. The van der Waals surface area contributed by atoms with Gasteiger partial charge in [0.2, 0.25) is 0 Å². The molecule has 2 aromatic heterocycles. The number of fused-ring (bicyclic) bond motifs is 1. The van der Waals surface area contributed by atoms with Crippen molar-refractivity contribution in [1.82, 2.24) is 9.97 Å². The first-order chi connectivity index (χ1) is 8.83. The van der Waals surface area contributed by atoms with Crippen molar-refractivity contribution in [1.29, 1.82) is 0 Å². The summed E-state index contributed by atoms with van der Waals surface area (Å²) in [5, 5.41) is 10.0. The number of nitrogens with one attached hydrogen (secondary N) is 1. The third-order valence-electron chi connectivity index (χ3n) is 3.00. The number of ketones is 1. The highest BCUT2D eigenvalue weighted by Gasteiger charge is 2.31. The number of aromatic nitrogens is 2. The first-order valence-corrected chi connectivity index (χ1v) is 6.09. The van der Waals surface area contributed by atoms with E-state index in [2.05, 4.69) is 9.97 Å². The number of aromatic amines is 1. The maximum absolute atomic E-state index is 12.2. The summed E-state index contributed by atoms with van der Waals surface area (Å²) in [4.78, 5) is 30.2. The Labute approximate surface area is 114 Å². The molecule has 0 aromatic carbocycles. The minimum atomic E-state index is -1.12. The van der Waals surface area contributed by atoms with Gasteiger partial charge in [-0.2, -0.15) is 0 Å². The average molecular weight is 281 g/mol. The molecule has 0 spiro atoms. The fourth-order valence-corrected chi connectivity index (χ4v) is 2.06. The van der Waals surface area contributed by atoms with E-state index in [0.717, 1.165) is 0 Å². The van der Waals surface area contributed by atoms with Crippen LogP contribution in [0.2, 0.25) is 5.02 Å². The topological polar surface area (TPSA) is 83.0 Å². The lowest BCUT2D eigenvalue weighted by atomic mass is 9.86. The Balaban J connectivity index is 2.40. The van der Waals surface area contributed by atoms with Crippen LogP contribution in [0.4, 0.5) is 0 Å². The number of aliphatic carboxylic acids is 1. The van der Waals surface area contributed by atoms with Crippen LogP contribution in [0.5, 0.6) is 0 Å². The minimum absolute atomic E-state index is 0.0967. The van der Waals surface area contributed by atoms with Crippen molar-refractivity contribution in [3.63, 3.8) is 0 Å². The van der Waals surface area contributed by atoms with E-state index in [1.54, 1.807) is 6.07 Å². The number of hydrogen-bond donors (Lipinski definition) is 2. The highest BCUT2D eigenvalue weighted by Crippen LogP contribution is 2.29. The van der Waals surface area contributed by atoms with E-state index in [1.807, 2.05) is 0 Å². The van der Waals surface area contributed by atoms with E-state index in [9.17, 15) is 9.59 Å². The van der Waals surface area contributed by atoms with Crippen molar-refractivity contribution < 1.29 is 14.7 Å². The van der Waals surface area contributed by atoms with Crippen LogP contribution in [-0.2, 0) is 4.79 Å². The highest BCUT2D eigenvalue weighted by atomic mass is 35.5. The summed E-state index contributed by atoms with van der Waals surface area (Å²) in [7, 11) is 0. The Morgan fingerprint density at radius 2 is 2.16 bits per heavy atom. The fourth-order valence-electron chi connectivity index (χ4n) is 1.81. The predicted molar refractivity (Wildman–Crippen MR) is 71.5 cm³/mol. The van der Waals surface area contributed by atoms with Gasteiger partial charge in [0, 0.05) is 29.8 Å². The molecule has 0 aliphatic rings. The number of nitrogens with zero attached hydrogens (tertiary/aromatic N) is 1. The van der Waals surface area contributed by atoms with Crippen LogP contribution < -0.4 is 0 Å². The molecule has 0 bridgehead atoms. The van der Waals surface area contributed by atoms with E-state index in [-0.39, 0.29) is 12.2 Å². The molecule has 0 amide bonds. The standard InChI is InChI=1S/C13H13ClN2O3/c1-13(2,12(18)19)5-9(17)7-6-16-11-10(7)8(14)3-4-15-11/h3-4,6H,5H2,1-2H3,(H,15,16)(H,18,19). The Morgan fingerprint density at radius 3 is 2.79 bits per heavy atom. The van der Waals surface area contributed by atoms with E-state index in [1.165, 1.54) is 26.2 Å². The Kier molecular flexibility index (Phi) is 3.32. The lowest BCUT2D eigenvalue weighted by Gasteiger charge is -2.17. The third-order valence-corrected chi connectivity index (χ3v) is 3.32. The van der Waals surface area contributed by atoms with Crippen LogP contribution >= 0.6 is 11.6 Å². The quantitative estimate of drug-likeness (QED) is 0.844. The molecule has 6 heteroatoms. The molecule has 19 heavy (non-hydrogen) atoms. The van der Waals surface area contributed by atoms with E-state index < -0.39 is 11.4 Å². The first-order valence-electron chi connectivity index (χ1n) is 5.71. The molecular formula is C13H13ClN2O3. The third kappa shape index (κ3) is 2.46. The summed E-state index contributed by atoms with van der Waals surface area (Å²) in [6.45, 7) is 3.03. The van der Waals surface area contributed by atoms with E-state index in [0.29, 0.717) is 21.6 Å². The molecule has 2 heterocycles. The van der Waals surface area contributed by atoms with Gasteiger partial charge in [0.25, 0.3) is 0 Å². The maximum Gasteiger partial charge on any atom is 0.309 e. The number of pyridine rings is 1. The molecule has 0 radical (unpaired) electrons. The summed E-state index contributed by atoms with van der Waals surface area (Å²) in [6.07, 6.45) is 2.96. The summed E-state index contributed by atoms with van der Waals surface area (Å²) >= 11 is 6.05. The zero-order chi connectivity index (χ0) is 14.2. The van der Waals surface area contributed by atoms with Crippen LogP contribution in [0.25, 0.3) is 11.0 Å². The molecule has 0 atom stereocenters. The number of carboxylic acids is 1. The summed E-state index contributed by atoms with van der Waals surface area (Å²) in [5.74, 6) is -1.28. The van der Waals surface area contributed by atoms with Crippen LogP contribution in [0.15, 0.2) is 18.5 Å². The van der Waals surface area contributed by atoms with Crippen molar-refractivity contribution in [3.05, 3.63) is 29.0 Å². The molecule has 2 rings (SSSR count). The Bertz CT molecular complexity index is 661. The SMILES string of the molecule is CC(C)(CC(=O)c1c[nH]c2nccc(Cl)c12)C(=O)O. The van der Waals surface area contributed by atoms with Crippen molar-refractivity contribution in [2.75, 3.05) is 0 Å². The van der Waals surface area contributed by atoms with Crippen molar-refractivity contribution >= 4 is 34.4 Å². The molecule has 0 aliphatic heterocycles. The normalized spacial score (nSPS) is 11.7. The van der Waals surface area contributed by atoms with Gasteiger partial charge in [-0.3, -0.25) is 9.59 Å². The predicted octanol–water partition coefficient (Wildman–Crippen LogP) is 2.90. The largest absolute Gasteiger partial charge is 0.481 e. The van der Waals surface area contributed by atoms with Gasteiger partial charge in [-0.25, -0.2) is 4.98 Å². The van der Waals surface area contributed by atoms with Gasteiger partial charge in [0.15, 0.2) is 5.78 Å². The molecular weight excluding hydrogens is 268 g/mol.